The Labute approximate surface area is 138 Å². The first-order valence-corrected chi connectivity index (χ1v) is 8.95. The van der Waals surface area contributed by atoms with E-state index < -0.39 is 32.7 Å². The molecule has 0 amide bonds. The second kappa shape index (κ2) is 6.36. The van der Waals surface area contributed by atoms with Crippen LogP contribution < -0.4 is 4.74 Å². The lowest BCUT2D eigenvalue weighted by Crippen LogP contribution is -2.28. The molecule has 9 nitrogen and oxygen atoms in total. The van der Waals surface area contributed by atoms with Crippen molar-refractivity contribution in [3.63, 3.8) is 0 Å². The number of cyclic esters (lactones) is 1. The third-order valence-corrected chi connectivity index (χ3v) is 5.88. The monoisotopic (exact) mass is 356 g/mol. The maximum atomic E-state index is 12.5. The van der Waals surface area contributed by atoms with Gasteiger partial charge in [-0.15, -0.1) is 0 Å². The van der Waals surface area contributed by atoms with Crippen LogP contribution in [0.15, 0.2) is 23.1 Å². The molecule has 0 unspecified atom stereocenters. The molecule has 1 aromatic carbocycles. The highest BCUT2D eigenvalue weighted by atomic mass is 32.2. The second-order valence-corrected chi connectivity index (χ2v) is 7.50. The summed E-state index contributed by atoms with van der Waals surface area (Å²) in [5.41, 5.74) is -0.491. The number of benzene rings is 1. The quantitative estimate of drug-likeness (QED) is 0.440. The molecule has 0 N–H and O–H groups in total. The molecule has 0 bridgehead atoms. The Kier molecular flexibility index (Phi) is 4.41. The van der Waals surface area contributed by atoms with Crippen molar-refractivity contribution in [1.29, 1.82) is 0 Å². The van der Waals surface area contributed by atoms with E-state index in [0.717, 1.165) is 18.9 Å². The van der Waals surface area contributed by atoms with Crippen LogP contribution in [0.2, 0.25) is 0 Å². The highest BCUT2D eigenvalue weighted by Gasteiger charge is 2.33. The molecule has 1 aromatic rings. The predicted molar refractivity (Wildman–Crippen MR) is 81.1 cm³/mol. The molecule has 2 saturated heterocycles. The Hall–Kier alpha value is -2.20. The zero-order valence-electron chi connectivity index (χ0n) is 12.7. The highest BCUT2D eigenvalue weighted by molar-refractivity contribution is 7.89. The fourth-order valence-corrected chi connectivity index (χ4v) is 4.25. The van der Waals surface area contributed by atoms with Crippen molar-refractivity contribution in [3.8, 4) is 5.75 Å². The number of rotatable bonds is 5. The standard InChI is InChI=1S/C14H16N2O7S/c17-14-13(5-8-22-14)23-12-4-3-10(9-11(12)16(18)19)24(20,21)15-6-1-2-7-15/h3-4,9,13H,1-2,5-8H2/t13-/m0/s1. The molecule has 24 heavy (non-hydrogen) atoms. The molecule has 0 aliphatic carbocycles. The smallest absolute Gasteiger partial charge is 0.347 e. The summed E-state index contributed by atoms with van der Waals surface area (Å²) in [5.74, 6) is -0.734. The fraction of sp³-hybridized carbons (Fsp3) is 0.500. The maximum Gasteiger partial charge on any atom is 0.347 e. The molecule has 10 heteroatoms. The first-order valence-electron chi connectivity index (χ1n) is 7.51. The molecule has 130 valence electrons. The third-order valence-electron chi connectivity index (χ3n) is 3.99. The van der Waals surface area contributed by atoms with Gasteiger partial charge in [0.1, 0.15) is 0 Å². The van der Waals surface area contributed by atoms with Gasteiger partial charge >= 0.3 is 11.7 Å². The maximum absolute atomic E-state index is 12.5. The minimum atomic E-state index is -3.77. The van der Waals surface area contributed by atoms with Crippen LogP contribution in [0.4, 0.5) is 5.69 Å². The molecule has 0 aromatic heterocycles. The van der Waals surface area contributed by atoms with E-state index in [1.807, 2.05) is 0 Å². The van der Waals surface area contributed by atoms with Crippen LogP contribution in [0.25, 0.3) is 0 Å². The number of hydrogen-bond donors (Lipinski definition) is 0. The highest BCUT2D eigenvalue weighted by Crippen LogP contribution is 2.33. The third kappa shape index (κ3) is 3.06. The number of nitro groups is 1. The molecule has 2 aliphatic rings. The van der Waals surface area contributed by atoms with Crippen LogP contribution in [-0.4, -0.2) is 49.4 Å². The van der Waals surface area contributed by atoms with Gasteiger partial charge in [0.05, 0.1) is 16.4 Å². The van der Waals surface area contributed by atoms with Crippen molar-refractivity contribution in [1.82, 2.24) is 4.31 Å². The van der Waals surface area contributed by atoms with Crippen LogP contribution in [0.3, 0.4) is 0 Å². The molecule has 0 saturated carbocycles. The molecule has 2 fully saturated rings. The molecule has 3 rings (SSSR count). The van der Waals surface area contributed by atoms with Gasteiger partial charge in [-0.2, -0.15) is 4.31 Å². The zero-order valence-corrected chi connectivity index (χ0v) is 13.5. The summed E-state index contributed by atoms with van der Waals surface area (Å²) in [6.45, 7) is 1.00. The van der Waals surface area contributed by atoms with Gasteiger partial charge in [-0.25, -0.2) is 13.2 Å². The summed E-state index contributed by atoms with van der Waals surface area (Å²) in [4.78, 5) is 21.8. The van der Waals surface area contributed by atoms with E-state index in [2.05, 4.69) is 0 Å². The van der Waals surface area contributed by atoms with E-state index >= 15 is 0 Å². The molecule has 0 radical (unpaired) electrons. The Morgan fingerprint density at radius 2 is 2.00 bits per heavy atom. The van der Waals surface area contributed by atoms with Crippen LogP contribution in [0, 0.1) is 10.1 Å². The Morgan fingerprint density at radius 1 is 1.29 bits per heavy atom. The van der Waals surface area contributed by atoms with Crippen molar-refractivity contribution in [2.75, 3.05) is 19.7 Å². The number of sulfonamides is 1. The number of nitro benzene ring substituents is 1. The first kappa shape index (κ1) is 16.7. The summed E-state index contributed by atoms with van der Waals surface area (Å²) >= 11 is 0. The zero-order chi connectivity index (χ0) is 17.3. The number of carbonyl (C=O) groups is 1. The molecule has 2 heterocycles. The lowest BCUT2D eigenvalue weighted by Gasteiger charge is -2.16. The average molecular weight is 356 g/mol. The van der Waals surface area contributed by atoms with Gasteiger partial charge in [0.25, 0.3) is 0 Å². The Bertz CT molecular complexity index is 771. The minimum absolute atomic E-state index is 0.149. The second-order valence-electron chi connectivity index (χ2n) is 5.56. The van der Waals surface area contributed by atoms with Crippen molar-refractivity contribution in [2.24, 2.45) is 0 Å². The van der Waals surface area contributed by atoms with Crippen molar-refractivity contribution >= 4 is 21.7 Å². The Morgan fingerprint density at radius 3 is 2.58 bits per heavy atom. The molecule has 0 spiro atoms. The van der Waals surface area contributed by atoms with E-state index in [1.165, 1.54) is 16.4 Å². The molecular weight excluding hydrogens is 340 g/mol. The van der Waals surface area contributed by atoms with Crippen LogP contribution in [-0.2, 0) is 19.6 Å². The van der Waals surface area contributed by atoms with Crippen LogP contribution >= 0.6 is 0 Å². The van der Waals surface area contributed by atoms with Crippen molar-refractivity contribution in [2.45, 2.75) is 30.3 Å². The summed E-state index contributed by atoms with van der Waals surface area (Å²) in [5, 5.41) is 11.3. The lowest BCUT2D eigenvalue weighted by atomic mass is 10.2. The number of nitrogens with zero attached hydrogens (tertiary/aromatic N) is 2. The largest absolute Gasteiger partial charge is 0.471 e. The van der Waals surface area contributed by atoms with Gasteiger partial charge in [-0.1, -0.05) is 0 Å². The minimum Gasteiger partial charge on any atom is -0.471 e. The Balaban J connectivity index is 1.92. The summed E-state index contributed by atoms with van der Waals surface area (Å²) in [6, 6.07) is 3.45. The van der Waals surface area contributed by atoms with Crippen molar-refractivity contribution in [3.05, 3.63) is 28.3 Å². The van der Waals surface area contributed by atoms with Gasteiger partial charge in [0.2, 0.25) is 10.0 Å². The van der Waals surface area contributed by atoms with Gasteiger partial charge in [0.15, 0.2) is 11.9 Å². The topological polar surface area (TPSA) is 116 Å². The van der Waals surface area contributed by atoms with Gasteiger partial charge < -0.3 is 9.47 Å². The van der Waals surface area contributed by atoms with E-state index in [9.17, 15) is 23.3 Å². The average Bonchev–Trinajstić information content (AvgIpc) is 3.20. The van der Waals surface area contributed by atoms with Gasteiger partial charge in [0, 0.05) is 25.6 Å². The first-order chi connectivity index (χ1) is 11.4. The summed E-state index contributed by atoms with van der Waals surface area (Å²) in [7, 11) is -3.77. The fourth-order valence-electron chi connectivity index (χ4n) is 2.72. The number of ether oxygens (including phenoxy) is 2. The SMILES string of the molecule is O=C1OCC[C@@H]1Oc1ccc(S(=O)(=O)N2CCCC2)cc1[N+](=O)[O-]. The molecule has 1 atom stereocenters. The lowest BCUT2D eigenvalue weighted by molar-refractivity contribution is -0.386. The normalized spacial score (nSPS) is 21.7. The summed E-state index contributed by atoms with van der Waals surface area (Å²) in [6.07, 6.45) is 0.923. The number of hydrogen-bond acceptors (Lipinski definition) is 7. The predicted octanol–water partition coefficient (Wildman–Crippen LogP) is 1.07. The van der Waals surface area contributed by atoms with Crippen LogP contribution in [0.1, 0.15) is 19.3 Å². The van der Waals surface area contributed by atoms with E-state index in [0.29, 0.717) is 19.5 Å². The van der Waals surface area contributed by atoms with Gasteiger partial charge in [-0.3, -0.25) is 10.1 Å². The molecule has 2 aliphatic heterocycles. The van der Waals surface area contributed by atoms with Gasteiger partial charge in [-0.05, 0) is 25.0 Å². The van der Waals surface area contributed by atoms with E-state index in [1.54, 1.807) is 0 Å². The van der Waals surface area contributed by atoms with E-state index in [-0.39, 0.29) is 17.3 Å². The summed E-state index contributed by atoms with van der Waals surface area (Å²) < 4.78 is 36.4. The molecular formula is C14H16N2O7S. The van der Waals surface area contributed by atoms with Crippen LogP contribution in [0.5, 0.6) is 5.75 Å². The number of esters is 1. The number of carbonyl (C=O) groups excluding carboxylic acids is 1. The van der Waals surface area contributed by atoms with Crippen molar-refractivity contribution < 1.29 is 27.6 Å². The van der Waals surface area contributed by atoms with E-state index in [4.69, 9.17) is 9.47 Å².